The molecule has 8 nitrogen and oxygen atoms in total. The van der Waals surface area contributed by atoms with Gasteiger partial charge in [0.25, 0.3) is 0 Å². The number of aromatic nitrogens is 4. The van der Waals surface area contributed by atoms with Crippen LogP contribution in [-0.2, 0) is 21.4 Å². The van der Waals surface area contributed by atoms with E-state index in [0.29, 0.717) is 30.2 Å². The molecule has 3 aromatic carbocycles. The van der Waals surface area contributed by atoms with Crippen LogP contribution < -0.4 is 10.2 Å². The van der Waals surface area contributed by atoms with Gasteiger partial charge in [-0.15, -0.1) is 0 Å². The largest absolute Gasteiger partial charge is 0.337 e. The SMILES string of the molecule is CCN1C(=O)C(C)(C)c2cc3[nH]c(-c4n[nH]c5ccc(NC(=O)Cc6ccccc6)cc45)nc3cc21. The summed E-state index contributed by atoms with van der Waals surface area (Å²) in [4.78, 5) is 35.5. The number of aromatic amines is 2. The van der Waals surface area contributed by atoms with Crippen molar-refractivity contribution in [2.45, 2.75) is 32.6 Å². The molecule has 0 unspecified atom stereocenters. The summed E-state index contributed by atoms with van der Waals surface area (Å²) in [5.41, 5.74) is 6.11. The predicted octanol–water partition coefficient (Wildman–Crippen LogP) is 4.93. The molecule has 3 N–H and O–H groups in total. The average molecular weight is 479 g/mol. The van der Waals surface area contributed by atoms with E-state index in [2.05, 4.69) is 20.5 Å². The molecule has 0 saturated carbocycles. The van der Waals surface area contributed by atoms with Crippen molar-refractivity contribution < 1.29 is 9.59 Å². The van der Waals surface area contributed by atoms with Crippen molar-refractivity contribution in [3.05, 3.63) is 71.8 Å². The van der Waals surface area contributed by atoms with E-state index in [1.807, 2.05) is 86.3 Å². The van der Waals surface area contributed by atoms with Crippen molar-refractivity contribution in [3.63, 3.8) is 0 Å². The van der Waals surface area contributed by atoms with Gasteiger partial charge in [0.2, 0.25) is 11.8 Å². The molecule has 8 heteroatoms. The van der Waals surface area contributed by atoms with Gasteiger partial charge in [0.15, 0.2) is 5.82 Å². The maximum absolute atomic E-state index is 12.9. The van der Waals surface area contributed by atoms with E-state index < -0.39 is 5.41 Å². The fourth-order valence-corrected chi connectivity index (χ4v) is 5.02. The summed E-state index contributed by atoms with van der Waals surface area (Å²) in [6.07, 6.45) is 0.305. The maximum atomic E-state index is 12.9. The van der Waals surface area contributed by atoms with Crippen molar-refractivity contribution in [2.24, 2.45) is 0 Å². The molecule has 2 aromatic heterocycles. The predicted molar refractivity (Wildman–Crippen MR) is 141 cm³/mol. The van der Waals surface area contributed by atoms with Crippen LogP contribution in [0, 0.1) is 0 Å². The van der Waals surface area contributed by atoms with E-state index in [1.165, 1.54) is 0 Å². The molecular formula is C28H26N6O2. The smallest absolute Gasteiger partial charge is 0.237 e. The van der Waals surface area contributed by atoms with E-state index >= 15 is 0 Å². The zero-order chi connectivity index (χ0) is 25.0. The van der Waals surface area contributed by atoms with Crippen LogP contribution in [0.1, 0.15) is 31.9 Å². The molecule has 6 rings (SSSR count). The Labute approximate surface area is 207 Å². The number of anilines is 2. The van der Waals surface area contributed by atoms with Gasteiger partial charge in [-0.2, -0.15) is 5.10 Å². The third kappa shape index (κ3) is 3.45. The van der Waals surface area contributed by atoms with Gasteiger partial charge in [-0.05, 0) is 62.2 Å². The number of imidazole rings is 1. The number of H-pyrrole nitrogens is 2. The van der Waals surface area contributed by atoms with Crippen molar-refractivity contribution in [2.75, 3.05) is 16.8 Å². The van der Waals surface area contributed by atoms with Crippen LogP contribution in [0.2, 0.25) is 0 Å². The van der Waals surface area contributed by atoms with Gasteiger partial charge in [0.1, 0.15) is 5.69 Å². The van der Waals surface area contributed by atoms with Gasteiger partial charge in [0.05, 0.1) is 34.1 Å². The molecule has 180 valence electrons. The Morgan fingerprint density at radius 2 is 1.86 bits per heavy atom. The number of amides is 2. The minimum atomic E-state index is -0.587. The minimum Gasteiger partial charge on any atom is -0.337 e. The van der Waals surface area contributed by atoms with Gasteiger partial charge in [0, 0.05) is 17.6 Å². The highest BCUT2D eigenvalue weighted by atomic mass is 16.2. The van der Waals surface area contributed by atoms with Crippen LogP contribution in [0.15, 0.2) is 60.7 Å². The molecule has 0 saturated heterocycles. The normalized spacial score (nSPS) is 14.5. The molecule has 0 radical (unpaired) electrons. The van der Waals surface area contributed by atoms with Crippen molar-refractivity contribution >= 4 is 45.1 Å². The summed E-state index contributed by atoms with van der Waals surface area (Å²) < 4.78 is 0. The number of carbonyl (C=O) groups excluding carboxylic acids is 2. The average Bonchev–Trinajstić information content (AvgIpc) is 3.51. The van der Waals surface area contributed by atoms with E-state index in [4.69, 9.17) is 4.98 Å². The van der Waals surface area contributed by atoms with Crippen LogP contribution in [0.5, 0.6) is 0 Å². The highest BCUT2D eigenvalue weighted by Crippen LogP contribution is 2.43. The molecule has 0 bridgehead atoms. The number of hydrogen-bond donors (Lipinski definition) is 3. The first-order chi connectivity index (χ1) is 17.3. The molecule has 36 heavy (non-hydrogen) atoms. The van der Waals surface area contributed by atoms with Gasteiger partial charge in [-0.25, -0.2) is 4.98 Å². The monoisotopic (exact) mass is 478 g/mol. The highest BCUT2D eigenvalue weighted by Gasteiger charge is 2.43. The number of nitrogens with one attached hydrogen (secondary N) is 3. The first-order valence-corrected chi connectivity index (χ1v) is 12.0. The first-order valence-electron chi connectivity index (χ1n) is 12.0. The van der Waals surface area contributed by atoms with Crippen LogP contribution in [0.3, 0.4) is 0 Å². The Morgan fingerprint density at radius 1 is 1.06 bits per heavy atom. The Balaban J connectivity index is 1.35. The molecule has 0 fully saturated rings. The number of hydrogen-bond acceptors (Lipinski definition) is 4. The van der Waals surface area contributed by atoms with E-state index in [9.17, 15) is 9.59 Å². The van der Waals surface area contributed by atoms with Crippen molar-refractivity contribution in [1.82, 2.24) is 20.2 Å². The fourth-order valence-electron chi connectivity index (χ4n) is 5.02. The lowest BCUT2D eigenvalue weighted by atomic mass is 9.86. The van der Waals surface area contributed by atoms with E-state index in [-0.39, 0.29) is 11.8 Å². The lowest BCUT2D eigenvalue weighted by Crippen LogP contribution is -2.35. The summed E-state index contributed by atoms with van der Waals surface area (Å²) >= 11 is 0. The third-order valence-electron chi connectivity index (χ3n) is 6.94. The maximum Gasteiger partial charge on any atom is 0.237 e. The summed E-state index contributed by atoms with van der Waals surface area (Å²) in [7, 11) is 0. The van der Waals surface area contributed by atoms with E-state index in [1.54, 1.807) is 0 Å². The third-order valence-corrected chi connectivity index (χ3v) is 6.94. The first kappa shape index (κ1) is 22.0. The second-order valence-electron chi connectivity index (χ2n) is 9.69. The van der Waals surface area contributed by atoms with Gasteiger partial charge in [-0.3, -0.25) is 14.7 Å². The van der Waals surface area contributed by atoms with Gasteiger partial charge in [-0.1, -0.05) is 30.3 Å². The molecule has 1 aliphatic rings. The summed E-state index contributed by atoms with van der Waals surface area (Å²) in [5.74, 6) is 0.648. The molecular weight excluding hydrogens is 452 g/mol. The topological polar surface area (TPSA) is 107 Å². The molecule has 1 aliphatic heterocycles. The zero-order valence-corrected chi connectivity index (χ0v) is 20.3. The van der Waals surface area contributed by atoms with Crippen LogP contribution in [0.4, 0.5) is 11.4 Å². The van der Waals surface area contributed by atoms with Crippen molar-refractivity contribution in [1.29, 1.82) is 0 Å². The minimum absolute atomic E-state index is 0.0820. The Hall–Kier alpha value is -4.46. The Kier molecular flexibility index (Phi) is 4.93. The number of benzene rings is 3. The van der Waals surface area contributed by atoms with Gasteiger partial charge < -0.3 is 15.2 Å². The van der Waals surface area contributed by atoms with Crippen molar-refractivity contribution in [3.8, 4) is 11.5 Å². The molecule has 0 atom stereocenters. The quantitative estimate of drug-likeness (QED) is 0.333. The molecule has 0 spiro atoms. The lowest BCUT2D eigenvalue weighted by Gasteiger charge is -2.18. The number of nitrogens with zero attached hydrogens (tertiary/aromatic N) is 3. The summed E-state index contributed by atoms with van der Waals surface area (Å²) in [6, 6.07) is 19.3. The molecule has 5 aromatic rings. The second kappa shape index (κ2) is 8.05. The molecule has 2 amide bonds. The second-order valence-corrected chi connectivity index (χ2v) is 9.69. The summed E-state index contributed by atoms with van der Waals surface area (Å²) in [5, 5.41) is 11.4. The number of carbonyl (C=O) groups is 2. The standard InChI is InChI=1S/C28H26N6O2/c1-4-34-23-15-22-21(14-19(23)28(2,3)27(34)36)30-26(31-22)25-18-13-17(10-11-20(18)32-33-25)29-24(35)12-16-8-6-5-7-9-16/h5-11,13-15H,4,12H2,1-3H3,(H,29,35)(H,30,31)(H,32,33). The van der Waals surface area contributed by atoms with Crippen LogP contribution in [-0.4, -0.2) is 38.5 Å². The highest BCUT2D eigenvalue weighted by molar-refractivity contribution is 6.09. The molecule has 0 aliphatic carbocycles. The number of likely N-dealkylation sites (N-methyl/N-ethyl adjacent to an activating group) is 1. The number of fused-ring (bicyclic) bond motifs is 3. The zero-order valence-electron chi connectivity index (χ0n) is 20.3. The number of rotatable bonds is 5. The van der Waals surface area contributed by atoms with Crippen LogP contribution in [0.25, 0.3) is 33.5 Å². The molecule has 3 heterocycles. The Bertz CT molecular complexity index is 1650. The van der Waals surface area contributed by atoms with Crippen LogP contribution >= 0.6 is 0 Å². The summed E-state index contributed by atoms with van der Waals surface area (Å²) in [6.45, 7) is 6.51. The van der Waals surface area contributed by atoms with Gasteiger partial charge >= 0.3 is 0 Å². The fraction of sp³-hybridized carbons (Fsp3) is 0.214. The lowest BCUT2D eigenvalue weighted by molar-refractivity contribution is -0.122. The van der Waals surface area contributed by atoms with E-state index in [0.717, 1.165) is 38.8 Å². The Morgan fingerprint density at radius 3 is 2.64 bits per heavy atom.